The van der Waals surface area contributed by atoms with Crippen LogP contribution in [0.1, 0.15) is 47.5 Å². The third-order valence-corrected chi connectivity index (χ3v) is 2.23. The highest BCUT2D eigenvalue weighted by Gasteiger charge is 2.27. The number of nitrogens with zero attached hydrogens (tertiary/aromatic N) is 1. The predicted octanol–water partition coefficient (Wildman–Crippen LogP) is 3.28. The Balaban J connectivity index is 2.55. The van der Waals surface area contributed by atoms with Crippen LogP contribution in [0.5, 0.6) is 0 Å². The van der Waals surface area contributed by atoms with E-state index in [1.165, 1.54) is 10.6 Å². The minimum Gasteiger partial charge on any atom is -0.442 e. The number of hydroxylamine groups is 2. The summed E-state index contributed by atoms with van der Waals surface area (Å²) in [5.74, 6) is 0. The Morgan fingerprint density at radius 2 is 2.06 bits per heavy atom. The molecule has 1 aliphatic heterocycles. The van der Waals surface area contributed by atoms with Gasteiger partial charge in [-0.1, -0.05) is 11.6 Å². The quantitative estimate of drug-likeness (QED) is 0.661. The average Bonchev–Trinajstić information content (AvgIpc) is 2.14. The van der Waals surface area contributed by atoms with Gasteiger partial charge in [-0.05, 0) is 47.5 Å². The normalized spacial score (nSPS) is 21.0. The lowest BCUT2D eigenvalue weighted by Crippen LogP contribution is -2.42. The van der Waals surface area contributed by atoms with Crippen molar-refractivity contribution in [3.8, 4) is 0 Å². The zero-order valence-electron chi connectivity index (χ0n) is 11.4. The Morgan fingerprint density at radius 3 is 2.59 bits per heavy atom. The number of allylic oxidation sites excluding steroid dienone is 1. The van der Waals surface area contributed by atoms with E-state index >= 15 is 0 Å². The molecule has 1 fully saturated rings. The van der Waals surface area contributed by atoms with Crippen LogP contribution in [0.3, 0.4) is 0 Å². The maximum Gasteiger partial charge on any atom is 0.434 e. The van der Waals surface area contributed by atoms with Crippen LogP contribution in [0.25, 0.3) is 0 Å². The molecule has 0 N–H and O–H groups in total. The monoisotopic (exact) mass is 241 g/mol. The molecule has 4 heteroatoms. The van der Waals surface area contributed by atoms with Gasteiger partial charge in [0.2, 0.25) is 0 Å². The van der Waals surface area contributed by atoms with Crippen molar-refractivity contribution in [2.75, 3.05) is 6.54 Å². The van der Waals surface area contributed by atoms with E-state index in [1.54, 1.807) is 0 Å². The fourth-order valence-corrected chi connectivity index (χ4v) is 1.64. The largest absolute Gasteiger partial charge is 0.442 e. The Hall–Kier alpha value is -1.03. The van der Waals surface area contributed by atoms with Crippen molar-refractivity contribution >= 4 is 6.09 Å². The Bertz CT molecular complexity index is 300. The van der Waals surface area contributed by atoms with E-state index in [0.29, 0.717) is 6.54 Å². The van der Waals surface area contributed by atoms with E-state index in [0.717, 1.165) is 12.8 Å². The van der Waals surface area contributed by atoms with Gasteiger partial charge >= 0.3 is 6.09 Å². The molecule has 98 valence electrons. The average molecular weight is 241 g/mol. The summed E-state index contributed by atoms with van der Waals surface area (Å²) >= 11 is 0. The van der Waals surface area contributed by atoms with Gasteiger partial charge in [-0.2, -0.15) is 5.06 Å². The number of hydrogen-bond donors (Lipinski definition) is 0. The third-order valence-electron chi connectivity index (χ3n) is 2.23. The number of rotatable bonds is 1. The van der Waals surface area contributed by atoms with Gasteiger partial charge in [-0.15, -0.1) is 0 Å². The van der Waals surface area contributed by atoms with Gasteiger partial charge in [-0.3, -0.25) is 4.84 Å². The van der Waals surface area contributed by atoms with Gasteiger partial charge in [0.05, 0.1) is 6.54 Å². The molecule has 1 rings (SSSR count). The summed E-state index contributed by atoms with van der Waals surface area (Å²) in [7, 11) is 0. The molecule has 0 saturated carbocycles. The van der Waals surface area contributed by atoms with E-state index in [9.17, 15) is 4.79 Å². The summed E-state index contributed by atoms with van der Waals surface area (Å²) in [5.41, 5.74) is 0.713. The van der Waals surface area contributed by atoms with Crippen LogP contribution in [0.2, 0.25) is 0 Å². The lowest BCUT2D eigenvalue weighted by molar-refractivity contribution is -0.189. The fraction of sp³-hybridized carbons (Fsp3) is 0.769. The summed E-state index contributed by atoms with van der Waals surface area (Å²) in [4.78, 5) is 17.4. The Kier molecular flexibility index (Phi) is 4.57. The third kappa shape index (κ3) is 5.22. The SMILES string of the molecule is CC(C)=CC1CCCN(C(=O)OC(C)(C)C)O1. The molecule has 0 aromatic heterocycles. The molecule has 1 heterocycles. The summed E-state index contributed by atoms with van der Waals surface area (Å²) in [6.07, 6.45) is 3.51. The van der Waals surface area contributed by atoms with Gasteiger partial charge in [-0.25, -0.2) is 4.79 Å². The molecule has 0 aromatic carbocycles. The standard InChI is InChI=1S/C13H23NO3/c1-10(2)9-11-7-6-8-14(17-11)12(15)16-13(3,4)5/h9,11H,6-8H2,1-5H3. The minimum atomic E-state index is -0.482. The lowest BCUT2D eigenvalue weighted by Gasteiger charge is -2.32. The maximum atomic E-state index is 11.8. The predicted molar refractivity (Wildman–Crippen MR) is 66.5 cm³/mol. The van der Waals surface area contributed by atoms with Crippen LogP contribution in [0.4, 0.5) is 4.79 Å². The van der Waals surface area contributed by atoms with Crippen LogP contribution in [-0.2, 0) is 9.57 Å². The maximum absolute atomic E-state index is 11.8. The van der Waals surface area contributed by atoms with E-state index in [1.807, 2.05) is 40.7 Å². The first-order valence-corrected chi connectivity index (χ1v) is 6.10. The molecule has 0 spiro atoms. The smallest absolute Gasteiger partial charge is 0.434 e. The first kappa shape index (κ1) is 14.0. The van der Waals surface area contributed by atoms with E-state index < -0.39 is 11.7 Å². The van der Waals surface area contributed by atoms with Crippen LogP contribution < -0.4 is 0 Å². The van der Waals surface area contributed by atoms with Gasteiger partial charge in [0.15, 0.2) is 0 Å². The topological polar surface area (TPSA) is 38.8 Å². The molecule has 1 aliphatic rings. The second kappa shape index (κ2) is 5.54. The number of amides is 1. The first-order valence-electron chi connectivity index (χ1n) is 6.10. The molecular weight excluding hydrogens is 218 g/mol. The highest BCUT2D eigenvalue weighted by atomic mass is 16.7. The molecule has 1 unspecified atom stereocenters. The molecule has 1 atom stereocenters. The summed E-state index contributed by atoms with van der Waals surface area (Å²) in [6, 6.07) is 0. The molecule has 0 bridgehead atoms. The van der Waals surface area contributed by atoms with E-state index in [2.05, 4.69) is 0 Å². The Labute approximate surface area is 104 Å². The summed E-state index contributed by atoms with van der Waals surface area (Å²) in [6.45, 7) is 10.2. The Morgan fingerprint density at radius 1 is 1.41 bits per heavy atom. The molecule has 0 aromatic rings. The van der Waals surface area contributed by atoms with E-state index in [4.69, 9.17) is 9.57 Å². The summed E-state index contributed by atoms with van der Waals surface area (Å²) in [5, 5.41) is 1.33. The molecule has 0 radical (unpaired) electrons. The number of carbonyl (C=O) groups excluding carboxylic acids is 1. The van der Waals surface area contributed by atoms with Crippen LogP contribution >= 0.6 is 0 Å². The highest BCUT2D eigenvalue weighted by Crippen LogP contribution is 2.19. The zero-order chi connectivity index (χ0) is 13.1. The van der Waals surface area contributed by atoms with Gasteiger partial charge in [0, 0.05) is 0 Å². The molecule has 17 heavy (non-hydrogen) atoms. The highest BCUT2D eigenvalue weighted by molar-refractivity contribution is 5.66. The van der Waals surface area contributed by atoms with Crippen molar-refractivity contribution in [2.24, 2.45) is 0 Å². The number of hydrogen-bond acceptors (Lipinski definition) is 3. The van der Waals surface area contributed by atoms with Crippen molar-refractivity contribution in [1.29, 1.82) is 0 Å². The first-order chi connectivity index (χ1) is 7.78. The molecule has 1 amide bonds. The molecular formula is C13H23NO3. The zero-order valence-corrected chi connectivity index (χ0v) is 11.4. The molecule has 4 nitrogen and oxygen atoms in total. The van der Waals surface area contributed by atoms with Crippen molar-refractivity contribution in [1.82, 2.24) is 5.06 Å². The number of carbonyl (C=O) groups is 1. The summed E-state index contributed by atoms with van der Waals surface area (Å²) < 4.78 is 5.27. The van der Waals surface area contributed by atoms with Crippen LogP contribution in [0.15, 0.2) is 11.6 Å². The van der Waals surface area contributed by atoms with Gasteiger partial charge in [0.25, 0.3) is 0 Å². The number of ether oxygens (including phenoxy) is 1. The van der Waals surface area contributed by atoms with E-state index in [-0.39, 0.29) is 6.10 Å². The lowest BCUT2D eigenvalue weighted by atomic mass is 10.1. The van der Waals surface area contributed by atoms with Crippen molar-refractivity contribution in [3.63, 3.8) is 0 Å². The fourth-order valence-electron chi connectivity index (χ4n) is 1.64. The van der Waals surface area contributed by atoms with Crippen LogP contribution in [-0.4, -0.2) is 29.4 Å². The second-order valence-electron chi connectivity index (χ2n) is 5.61. The van der Waals surface area contributed by atoms with Crippen molar-refractivity contribution in [2.45, 2.75) is 59.2 Å². The van der Waals surface area contributed by atoms with Crippen molar-refractivity contribution < 1.29 is 14.4 Å². The van der Waals surface area contributed by atoms with Crippen LogP contribution in [0, 0.1) is 0 Å². The minimum absolute atomic E-state index is 0.0127. The van der Waals surface area contributed by atoms with Gasteiger partial charge in [0.1, 0.15) is 11.7 Å². The molecule has 1 saturated heterocycles. The second-order valence-corrected chi connectivity index (χ2v) is 5.61. The van der Waals surface area contributed by atoms with Crippen molar-refractivity contribution in [3.05, 3.63) is 11.6 Å². The van der Waals surface area contributed by atoms with Gasteiger partial charge < -0.3 is 4.74 Å². The molecule has 0 aliphatic carbocycles.